The van der Waals surface area contributed by atoms with E-state index in [0.29, 0.717) is 13.0 Å². The van der Waals surface area contributed by atoms with Gasteiger partial charge in [0.25, 0.3) is 0 Å². The number of carboxylic acid groups (broad SMARTS) is 1. The highest BCUT2D eigenvalue weighted by Crippen LogP contribution is 2.32. The van der Waals surface area contributed by atoms with Crippen molar-refractivity contribution in [1.29, 1.82) is 0 Å². The third-order valence-electron chi connectivity index (χ3n) is 4.24. The molecule has 23 heavy (non-hydrogen) atoms. The van der Waals surface area contributed by atoms with E-state index in [2.05, 4.69) is 5.32 Å². The highest BCUT2D eigenvalue weighted by molar-refractivity contribution is 5.84. The number of benzene rings is 1. The lowest BCUT2D eigenvalue weighted by Gasteiger charge is -2.36. The molecule has 0 unspecified atom stereocenters. The van der Waals surface area contributed by atoms with Crippen LogP contribution in [0.15, 0.2) is 24.3 Å². The van der Waals surface area contributed by atoms with E-state index in [1.54, 1.807) is 11.8 Å². The van der Waals surface area contributed by atoms with Crippen molar-refractivity contribution in [3.8, 4) is 0 Å². The summed E-state index contributed by atoms with van der Waals surface area (Å²) in [6.45, 7) is 3.77. The van der Waals surface area contributed by atoms with Crippen molar-refractivity contribution in [3.63, 3.8) is 0 Å². The Kier molecular flexibility index (Phi) is 5.36. The molecule has 0 spiro atoms. The van der Waals surface area contributed by atoms with Gasteiger partial charge in [0.05, 0.1) is 12.5 Å². The first kappa shape index (κ1) is 17.0. The predicted octanol–water partition coefficient (Wildman–Crippen LogP) is 1.50. The molecule has 1 aliphatic heterocycles. The van der Waals surface area contributed by atoms with Crippen molar-refractivity contribution in [2.75, 3.05) is 6.54 Å². The first-order valence-electron chi connectivity index (χ1n) is 7.81. The molecule has 0 saturated heterocycles. The van der Waals surface area contributed by atoms with Crippen LogP contribution in [0.25, 0.3) is 0 Å². The SMILES string of the molecule is CC[C@H](NC(=O)C[C@H]1c2ccccc2CCN1C(C)=O)C(=O)O. The number of carbonyl (C=O) groups excluding carboxylic acids is 2. The number of amides is 2. The minimum atomic E-state index is -1.05. The van der Waals surface area contributed by atoms with Gasteiger partial charge >= 0.3 is 5.97 Å². The number of nitrogens with zero attached hydrogens (tertiary/aromatic N) is 1. The molecule has 1 aromatic rings. The summed E-state index contributed by atoms with van der Waals surface area (Å²) in [5.74, 6) is -1.48. The Balaban J connectivity index is 2.19. The average molecular weight is 318 g/mol. The van der Waals surface area contributed by atoms with Gasteiger partial charge in [-0.05, 0) is 24.0 Å². The third-order valence-corrected chi connectivity index (χ3v) is 4.24. The Hall–Kier alpha value is -2.37. The maximum atomic E-state index is 12.3. The van der Waals surface area contributed by atoms with E-state index in [1.807, 2.05) is 24.3 Å². The minimum absolute atomic E-state index is 0.0698. The lowest BCUT2D eigenvalue weighted by molar-refractivity contribution is -0.142. The number of rotatable bonds is 5. The standard InChI is InChI=1S/C17H22N2O4/c1-3-14(17(22)23)18-16(21)10-15-13-7-5-4-6-12(13)8-9-19(15)11(2)20/h4-7,14-15H,3,8-10H2,1-2H3,(H,18,21)(H,22,23)/t14-,15-/m0/s1. The van der Waals surface area contributed by atoms with Gasteiger partial charge in [0.15, 0.2) is 0 Å². The average Bonchev–Trinajstić information content (AvgIpc) is 2.52. The number of hydrogen-bond acceptors (Lipinski definition) is 3. The fourth-order valence-corrected chi connectivity index (χ4v) is 3.02. The zero-order valence-electron chi connectivity index (χ0n) is 13.4. The van der Waals surface area contributed by atoms with Crippen molar-refractivity contribution in [2.45, 2.75) is 45.2 Å². The molecular formula is C17H22N2O4. The van der Waals surface area contributed by atoms with Crippen molar-refractivity contribution in [2.24, 2.45) is 0 Å². The fourth-order valence-electron chi connectivity index (χ4n) is 3.02. The Labute approximate surface area is 135 Å². The van der Waals surface area contributed by atoms with Crippen molar-refractivity contribution in [3.05, 3.63) is 35.4 Å². The van der Waals surface area contributed by atoms with E-state index in [0.717, 1.165) is 17.5 Å². The molecule has 6 heteroatoms. The molecule has 0 radical (unpaired) electrons. The zero-order valence-corrected chi connectivity index (χ0v) is 13.4. The first-order valence-corrected chi connectivity index (χ1v) is 7.81. The lowest BCUT2D eigenvalue weighted by Crippen LogP contribution is -2.44. The predicted molar refractivity (Wildman–Crippen MR) is 84.7 cm³/mol. The molecule has 2 amide bonds. The Bertz CT molecular complexity index is 614. The number of carboxylic acids is 1. The van der Waals surface area contributed by atoms with E-state index < -0.39 is 12.0 Å². The first-order chi connectivity index (χ1) is 10.9. The second-order valence-corrected chi connectivity index (χ2v) is 5.75. The Morgan fingerprint density at radius 3 is 2.65 bits per heavy atom. The molecule has 1 aliphatic rings. The van der Waals surface area contributed by atoms with Gasteiger partial charge < -0.3 is 15.3 Å². The van der Waals surface area contributed by atoms with Crippen LogP contribution >= 0.6 is 0 Å². The maximum absolute atomic E-state index is 12.3. The largest absolute Gasteiger partial charge is 0.480 e. The van der Waals surface area contributed by atoms with Gasteiger partial charge in [-0.15, -0.1) is 0 Å². The number of hydrogen-bond donors (Lipinski definition) is 2. The summed E-state index contributed by atoms with van der Waals surface area (Å²) in [6, 6.07) is 6.52. The van der Waals surface area contributed by atoms with Crippen LogP contribution in [0.1, 0.15) is 43.9 Å². The van der Waals surface area contributed by atoms with Gasteiger partial charge in [-0.2, -0.15) is 0 Å². The molecule has 0 saturated carbocycles. The van der Waals surface area contributed by atoms with Crippen LogP contribution in [0, 0.1) is 0 Å². The van der Waals surface area contributed by atoms with Crippen LogP contribution < -0.4 is 5.32 Å². The molecule has 1 heterocycles. The minimum Gasteiger partial charge on any atom is -0.480 e. The normalized spacial score (nSPS) is 18.0. The molecule has 0 fully saturated rings. The zero-order chi connectivity index (χ0) is 17.0. The molecule has 0 aliphatic carbocycles. The lowest BCUT2D eigenvalue weighted by atomic mass is 9.90. The molecule has 2 atom stereocenters. The molecule has 0 aromatic heterocycles. The Morgan fingerprint density at radius 2 is 2.04 bits per heavy atom. The summed E-state index contributed by atoms with van der Waals surface area (Å²) < 4.78 is 0. The Morgan fingerprint density at radius 1 is 1.35 bits per heavy atom. The van der Waals surface area contributed by atoms with Crippen LogP contribution in [0.5, 0.6) is 0 Å². The topological polar surface area (TPSA) is 86.7 Å². The number of aliphatic carboxylic acids is 1. The van der Waals surface area contributed by atoms with Crippen LogP contribution in [-0.2, 0) is 20.8 Å². The summed E-state index contributed by atoms with van der Waals surface area (Å²) in [5.41, 5.74) is 2.10. The quantitative estimate of drug-likeness (QED) is 0.861. The van der Waals surface area contributed by atoms with Crippen molar-refractivity contribution < 1.29 is 19.5 Å². The smallest absolute Gasteiger partial charge is 0.326 e. The van der Waals surface area contributed by atoms with Crippen LogP contribution in [-0.4, -0.2) is 40.4 Å². The number of nitrogens with one attached hydrogen (secondary N) is 1. The van der Waals surface area contributed by atoms with E-state index in [4.69, 9.17) is 5.11 Å². The molecule has 1 aromatic carbocycles. The van der Waals surface area contributed by atoms with Gasteiger partial charge in [-0.1, -0.05) is 31.2 Å². The summed E-state index contributed by atoms with van der Waals surface area (Å²) in [7, 11) is 0. The van der Waals surface area contributed by atoms with E-state index in [-0.39, 0.29) is 24.3 Å². The second-order valence-electron chi connectivity index (χ2n) is 5.75. The van der Waals surface area contributed by atoms with Crippen LogP contribution in [0.2, 0.25) is 0 Å². The van der Waals surface area contributed by atoms with E-state index in [9.17, 15) is 14.4 Å². The van der Waals surface area contributed by atoms with Gasteiger partial charge in [-0.25, -0.2) is 4.79 Å². The molecule has 6 nitrogen and oxygen atoms in total. The molecular weight excluding hydrogens is 296 g/mol. The van der Waals surface area contributed by atoms with Gasteiger partial charge in [0, 0.05) is 13.5 Å². The number of fused-ring (bicyclic) bond motifs is 1. The van der Waals surface area contributed by atoms with Gasteiger partial charge in [0.1, 0.15) is 6.04 Å². The highest BCUT2D eigenvalue weighted by Gasteiger charge is 2.31. The number of carbonyl (C=O) groups is 3. The second kappa shape index (κ2) is 7.26. The van der Waals surface area contributed by atoms with E-state index >= 15 is 0 Å². The molecule has 124 valence electrons. The maximum Gasteiger partial charge on any atom is 0.326 e. The molecule has 0 bridgehead atoms. The monoisotopic (exact) mass is 318 g/mol. The van der Waals surface area contributed by atoms with Crippen molar-refractivity contribution >= 4 is 17.8 Å². The third kappa shape index (κ3) is 3.88. The van der Waals surface area contributed by atoms with Gasteiger partial charge in [0.2, 0.25) is 11.8 Å². The fraction of sp³-hybridized carbons (Fsp3) is 0.471. The van der Waals surface area contributed by atoms with Crippen LogP contribution in [0.4, 0.5) is 0 Å². The molecule has 2 N–H and O–H groups in total. The summed E-state index contributed by atoms with van der Waals surface area (Å²) in [6.07, 6.45) is 1.15. The molecule has 2 rings (SSSR count). The summed E-state index contributed by atoms with van der Waals surface area (Å²) in [4.78, 5) is 36.9. The van der Waals surface area contributed by atoms with E-state index in [1.165, 1.54) is 6.92 Å². The van der Waals surface area contributed by atoms with Gasteiger partial charge in [-0.3, -0.25) is 9.59 Å². The van der Waals surface area contributed by atoms with Crippen molar-refractivity contribution in [1.82, 2.24) is 10.2 Å². The summed E-state index contributed by atoms with van der Waals surface area (Å²) >= 11 is 0. The van der Waals surface area contributed by atoms with Crippen LogP contribution in [0.3, 0.4) is 0 Å². The highest BCUT2D eigenvalue weighted by atomic mass is 16.4. The summed E-state index contributed by atoms with van der Waals surface area (Å²) in [5, 5.41) is 11.6.